The first-order valence-corrected chi connectivity index (χ1v) is 16.7. The molecule has 4 fully saturated rings. The Bertz CT molecular complexity index is 2060. The number of nitrogens with one attached hydrogen (secondary N) is 1. The molecule has 4 aliphatic rings. The third kappa shape index (κ3) is 4.47. The number of aromatic nitrogens is 4. The van der Waals surface area contributed by atoms with Gasteiger partial charge in [-0.25, -0.2) is 17.7 Å². The fourth-order valence-electron chi connectivity index (χ4n) is 8.88. The Morgan fingerprint density at radius 2 is 1.89 bits per heavy atom. The number of halogens is 3. The van der Waals surface area contributed by atoms with Crippen LogP contribution in [0.3, 0.4) is 0 Å². The number of aromatic hydroxyl groups is 1. The van der Waals surface area contributed by atoms with Crippen molar-refractivity contribution in [3.63, 3.8) is 0 Å². The van der Waals surface area contributed by atoms with Crippen molar-refractivity contribution in [2.75, 3.05) is 37.7 Å². The van der Waals surface area contributed by atoms with Crippen LogP contribution in [0.2, 0.25) is 0 Å². The molecule has 3 aromatic heterocycles. The third-order valence-corrected chi connectivity index (χ3v) is 10.9. The number of alkyl halides is 1. The van der Waals surface area contributed by atoms with Gasteiger partial charge in [-0.05, 0) is 79.3 Å². The molecule has 0 amide bonds. The highest BCUT2D eigenvalue weighted by Crippen LogP contribution is 2.43. The first-order chi connectivity index (χ1) is 22.8. The summed E-state index contributed by atoms with van der Waals surface area (Å²) in [6.07, 6.45) is 5.35. The van der Waals surface area contributed by atoms with Gasteiger partial charge >= 0.3 is 6.01 Å². The van der Waals surface area contributed by atoms with Crippen molar-refractivity contribution in [1.29, 1.82) is 0 Å². The van der Waals surface area contributed by atoms with E-state index in [4.69, 9.17) is 14.7 Å². The van der Waals surface area contributed by atoms with Crippen molar-refractivity contribution in [3.05, 3.63) is 53.7 Å². The van der Waals surface area contributed by atoms with Gasteiger partial charge in [0.15, 0.2) is 5.82 Å². The average Bonchev–Trinajstić information content (AvgIpc) is 3.83. The van der Waals surface area contributed by atoms with E-state index >= 15 is 8.78 Å². The lowest BCUT2D eigenvalue weighted by molar-refractivity contribution is 0.107. The lowest BCUT2D eigenvalue weighted by Crippen LogP contribution is -2.51. The van der Waals surface area contributed by atoms with Gasteiger partial charge in [-0.15, -0.1) is 0 Å². The summed E-state index contributed by atoms with van der Waals surface area (Å²) in [7, 11) is 0. The van der Waals surface area contributed by atoms with Gasteiger partial charge in [-0.3, -0.25) is 4.90 Å². The Kier molecular flexibility index (Phi) is 6.59. The molecule has 244 valence electrons. The van der Waals surface area contributed by atoms with Crippen LogP contribution < -0.4 is 15.0 Å². The van der Waals surface area contributed by atoms with Crippen LogP contribution in [0.5, 0.6) is 11.8 Å². The van der Waals surface area contributed by atoms with Crippen LogP contribution >= 0.6 is 0 Å². The molecule has 12 heteroatoms. The van der Waals surface area contributed by atoms with Gasteiger partial charge in [0.05, 0.1) is 22.6 Å². The summed E-state index contributed by atoms with van der Waals surface area (Å²) in [6, 6.07) is 8.40. The van der Waals surface area contributed by atoms with Crippen LogP contribution in [0.15, 0.2) is 36.5 Å². The summed E-state index contributed by atoms with van der Waals surface area (Å²) in [6.45, 7) is 4.68. The van der Waals surface area contributed by atoms with Gasteiger partial charge in [-0.2, -0.15) is 15.1 Å². The second kappa shape index (κ2) is 10.7. The van der Waals surface area contributed by atoms with Crippen LogP contribution in [0, 0.1) is 11.6 Å². The average molecular weight is 644 g/mol. The highest BCUT2D eigenvalue weighted by molar-refractivity contribution is 6.07. The Labute approximate surface area is 269 Å². The van der Waals surface area contributed by atoms with E-state index in [1.165, 1.54) is 16.6 Å². The Hall–Kier alpha value is -4.16. The van der Waals surface area contributed by atoms with E-state index in [9.17, 15) is 9.50 Å². The molecular weight excluding hydrogens is 607 g/mol. The minimum Gasteiger partial charge on any atom is -0.508 e. The molecular formula is C35H36F3N7O2. The largest absolute Gasteiger partial charge is 0.508 e. The van der Waals surface area contributed by atoms with Crippen molar-refractivity contribution < 1.29 is 23.0 Å². The molecule has 5 aromatic rings. The first-order valence-electron chi connectivity index (χ1n) is 16.7. The summed E-state index contributed by atoms with van der Waals surface area (Å²) < 4.78 is 55.0. The number of ether oxygens (including phenoxy) is 1. The van der Waals surface area contributed by atoms with Crippen molar-refractivity contribution in [1.82, 2.24) is 29.8 Å². The molecule has 2 aromatic carbocycles. The molecule has 7 heterocycles. The zero-order valence-electron chi connectivity index (χ0n) is 26.1. The predicted octanol–water partition coefficient (Wildman–Crippen LogP) is 5.54. The number of anilines is 1. The van der Waals surface area contributed by atoms with Gasteiger partial charge in [0, 0.05) is 43.7 Å². The molecule has 4 atom stereocenters. The Morgan fingerprint density at radius 3 is 2.70 bits per heavy atom. The van der Waals surface area contributed by atoms with Crippen molar-refractivity contribution in [2.45, 2.75) is 69.2 Å². The van der Waals surface area contributed by atoms with E-state index in [2.05, 4.69) is 20.2 Å². The molecule has 0 saturated carbocycles. The number of pyridine rings is 1. The number of fused-ring (bicyclic) bond motifs is 7. The molecule has 4 saturated heterocycles. The number of nitrogens with zero attached hydrogens (tertiary/aromatic N) is 6. The highest BCUT2D eigenvalue weighted by Gasteiger charge is 2.49. The van der Waals surface area contributed by atoms with Gasteiger partial charge in [0.25, 0.3) is 0 Å². The summed E-state index contributed by atoms with van der Waals surface area (Å²) in [5, 5.41) is 20.6. The van der Waals surface area contributed by atoms with Gasteiger partial charge in [-0.1, -0.05) is 13.0 Å². The van der Waals surface area contributed by atoms with Crippen molar-refractivity contribution in [3.8, 4) is 23.0 Å². The molecule has 0 radical (unpaired) electrons. The number of benzene rings is 2. The summed E-state index contributed by atoms with van der Waals surface area (Å²) in [5.41, 5.74) is 1.02. The maximum atomic E-state index is 17.4. The number of phenols is 1. The van der Waals surface area contributed by atoms with E-state index in [1.54, 1.807) is 24.4 Å². The molecule has 2 N–H and O–H groups in total. The van der Waals surface area contributed by atoms with E-state index in [1.807, 2.05) is 6.92 Å². The molecule has 47 heavy (non-hydrogen) atoms. The Balaban J connectivity index is 1.27. The van der Waals surface area contributed by atoms with Crippen molar-refractivity contribution in [2.24, 2.45) is 0 Å². The van der Waals surface area contributed by atoms with Gasteiger partial charge in [0.1, 0.15) is 41.4 Å². The number of piperazine rings is 1. The summed E-state index contributed by atoms with van der Waals surface area (Å²) in [5.74, 6) is -0.587. The van der Waals surface area contributed by atoms with Gasteiger partial charge < -0.3 is 20.1 Å². The van der Waals surface area contributed by atoms with Crippen LogP contribution in [-0.2, 0) is 6.42 Å². The zero-order valence-corrected chi connectivity index (χ0v) is 26.1. The van der Waals surface area contributed by atoms with Gasteiger partial charge in [0.2, 0.25) is 0 Å². The lowest BCUT2D eigenvalue weighted by Gasteiger charge is -2.35. The first kappa shape index (κ1) is 29.0. The molecule has 2 unspecified atom stereocenters. The number of aryl methyl sites for hydroxylation is 1. The molecule has 0 spiro atoms. The summed E-state index contributed by atoms with van der Waals surface area (Å²) in [4.78, 5) is 14.0. The quantitative estimate of drug-likeness (QED) is 0.250. The number of phenolic OH excluding ortho intramolecular Hbond substituents is 1. The highest BCUT2D eigenvalue weighted by atomic mass is 19.1. The van der Waals surface area contributed by atoms with Crippen LogP contribution in [0.1, 0.15) is 44.6 Å². The third-order valence-electron chi connectivity index (χ3n) is 10.9. The zero-order chi connectivity index (χ0) is 32.0. The molecule has 4 aliphatic heterocycles. The van der Waals surface area contributed by atoms with Crippen molar-refractivity contribution >= 4 is 33.0 Å². The number of rotatable bonds is 6. The standard InChI is InChI=1S/C35H36F3N7O2/c1-2-24-26(37)7-4-19-12-23(46)13-25(28(19)24)32-30(38)31-29(27-8-10-39-45(27)32)33(43-16-21-5-6-22(17-43)40-21)42-34(41-31)47-18-35-9-3-11-44(35)15-20(36)14-35/h4,7-8,10,12-13,20-22,40,46H,2-3,5-6,9,11,14-18H2,1H3/t20-,21?,22?,35+/m1/s1. The maximum absolute atomic E-state index is 17.4. The van der Waals surface area contributed by atoms with E-state index in [0.717, 1.165) is 32.2 Å². The SMILES string of the molecule is CCc1c(F)ccc2cc(O)cc(-c3c(F)c4nc(OC[C@@]56CCCN5C[C@H](F)C6)nc(N5CC6CCC(C5)N6)c4c4ccnn34)c12. The summed E-state index contributed by atoms with van der Waals surface area (Å²) >= 11 is 0. The predicted molar refractivity (Wildman–Crippen MR) is 173 cm³/mol. The van der Waals surface area contributed by atoms with Crippen LogP contribution in [0.4, 0.5) is 19.0 Å². The molecule has 9 rings (SSSR count). The molecule has 2 bridgehead atoms. The lowest BCUT2D eigenvalue weighted by atomic mass is 9.94. The minimum atomic E-state index is -0.909. The monoisotopic (exact) mass is 643 g/mol. The number of hydrogen-bond acceptors (Lipinski definition) is 8. The van der Waals surface area contributed by atoms with E-state index in [0.29, 0.717) is 83.2 Å². The second-order valence-corrected chi connectivity index (χ2v) is 13.7. The minimum absolute atomic E-state index is 0.0386. The van der Waals surface area contributed by atoms with E-state index < -0.39 is 23.3 Å². The second-order valence-electron chi connectivity index (χ2n) is 13.7. The normalized spacial score (nSPS) is 25.9. The topological polar surface area (TPSA) is 91.1 Å². The van der Waals surface area contributed by atoms with E-state index in [-0.39, 0.29) is 29.6 Å². The Morgan fingerprint density at radius 1 is 1.06 bits per heavy atom. The van der Waals surface area contributed by atoms with Crippen LogP contribution in [0.25, 0.3) is 38.4 Å². The van der Waals surface area contributed by atoms with Crippen LogP contribution in [-0.4, -0.2) is 86.2 Å². The molecule has 9 nitrogen and oxygen atoms in total. The fraction of sp³-hybridized carbons (Fsp3) is 0.457. The smallest absolute Gasteiger partial charge is 0.319 e. The maximum Gasteiger partial charge on any atom is 0.319 e. The molecule has 0 aliphatic carbocycles. The number of hydrogen-bond donors (Lipinski definition) is 2. The fourth-order valence-corrected chi connectivity index (χ4v) is 8.88.